The van der Waals surface area contributed by atoms with E-state index in [1.54, 1.807) is 4.57 Å². The zero-order chi connectivity index (χ0) is 20.2. The highest BCUT2D eigenvalue weighted by atomic mass is 32.2. The normalized spacial score (nSPS) is 28.0. The summed E-state index contributed by atoms with van der Waals surface area (Å²) in [4.78, 5) is 12.8. The van der Waals surface area contributed by atoms with Crippen molar-refractivity contribution in [3.05, 3.63) is 54.2 Å². The molecule has 4 atom stereocenters. The predicted octanol–water partition coefficient (Wildman–Crippen LogP) is -0.153. The lowest BCUT2D eigenvalue weighted by molar-refractivity contribution is -0.00434. The second-order valence-corrected chi connectivity index (χ2v) is 8.06. The highest BCUT2D eigenvalue weighted by molar-refractivity contribution is 7.84. The molecule has 1 aromatic carbocycles. The molecule has 10 nitrogen and oxygen atoms in total. The SMILES string of the molecule is NS(=O)(=O)OC1[C@H]2O[C@@H](n3cnc4c(C#Cc5ccccc5)ncnc43)C[C@@]12O. The summed E-state index contributed by atoms with van der Waals surface area (Å²) in [5, 5.41) is 15.4. The quantitative estimate of drug-likeness (QED) is 0.564. The molecule has 0 radical (unpaired) electrons. The molecule has 3 heterocycles. The number of fused-ring (bicyclic) bond motifs is 2. The van der Waals surface area contributed by atoms with E-state index in [1.807, 2.05) is 30.3 Å². The number of aromatic nitrogens is 4. The first-order valence-corrected chi connectivity index (χ1v) is 10.2. The summed E-state index contributed by atoms with van der Waals surface area (Å²) in [6.07, 6.45) is 0.639. The van der Waals surface area contributed by atoms with Gasteiger partial charge < -0.3 is 9.84 Å². The number of hydrogen-bond donors (Lipinski definition) is 2. The van der Waals surface area contributed by atoms with Crippen LogP contribution in [0.15, 0.2) is 43.0 Å². The van der Waals surface area contributed by atoms with Crippen molar-refractivity contribution in [2.24, 2.45) is 5.14 Å². The van der Waals surface area contributed by atoms with Crippen LogP contribution in [-0.2, 0) is 19.2 Å². The maximum atomic E-state index is 11.1. The number of nitrogens with two attached hydrogens (primary N) is 1. The smallest absolute Gasteiger partial charge is 0.333 e. The standard InChI is InChI=1S/C18H15N5O5S/c19-29(25,26)28-16-15-18(16,24)8-13(27-15)23-10-22-14-12(20-9-21-17(14)23)7-6-11-4-2-1-3-5-11/h1-5,9-10,13,15-16,24H,8H2,(H2,19,25,26)/t13-,15-,16?,18+/m1/s1. The zero-order valence-corrected chi connectivity index (χ0v) is 15.7. The molecular formula is C18H15N5O5S. The molecule has 1 aliphatic carbocycles. The molecule has 11 heteroatoms. The second kappa shape index (κ2) is 6.31. The third-order valence-electron chi connectivity index (χ3n) is 4.96. The number of imidazole rings is 1. The van der Waals surface area contributed by atoms with Crippen molar-refractivity contribution < 1.29 is 22.4 Å². The fourth-order valence-corrected chi connectivity index (χ4v) is 4.08. The van der Waals surface area contributed by atoms with Gasteiger partial charge in [0, 0.05) is 12.0 Å². The Morgan fingerprint density at radius 2 is 2.03 bits per heavy atom. The van der Waals surface area contributed by atoms with Crippen molar-refractivity contribution in [3.63, 3.8) is 0 Å². The van der Waals surface area contributed by atoms with Crippen molar-refractivity contribution in [3.8, 4) is 11.8 Å². The largest absolute Gasteiger partial charge is 0.384 e. The highest BCUT2D eigenvalue weighted by Gasteiger charge is 2.74. The van der Waals surface area contributed by atoms with Crippen molar-refractivity contribution in [2.45, 2.75) is 30.5 Å². The van der Waals surface area contributed by atoms with Crippen molar-refractivity contribution in [2.75, 3.05) is 0 Å². The fourth-order valence-electron chi connectivity index (χ4n) is 3.53. The lowest BCUT2D eigenvalue weighted by Gasteiger charge is -2.17. The van der Waals surface area contributed by atoms with Crippen LogP contribution in [0.25, 0.3) is 11.2 Å². The molecule has 2 aliphatic rings. The van der Waals surface area contributed by atoms with Crippen molar-refractivity contribution >= 4 is 21.5 Å². The molecule has 3 aromatic rings. The average Bonchev–Trinajstić information content (AvgIpc) is 3.05. The van der Waals surface area contributed by atoms with Crippen LogP contribution in [0, 0.1) is 11.8 Å². The number of hydrogen-bond acceptors (Lipinski definition) is 8. The van der Waals surface area contributed by atoms with Gasteiger partial charge in [-0.1, -0.05) is 24.1 Å². The molecule has 1 saturated heterocycles. The van der Waals surface area contributed by atoms with E-state index >= 15 is 0 Å². The van der Waals surface area contributed by atoms with E-state index in [9.17, 15) is 13.5 Å². The van der Waals surface area contributed by atoms with E-state index in [-0.39, 0.29) is 6.42 Å². The Hall–Kier alpha value is -2.88. The highest BCUT2D eigenvalue weighted by Crippen LogP contribution is 2.55. The Labute approximate surface area is 165 Å². The lowest BCUT2D eigenvalue weighted by atomic mass is 10.2. The molecule has 2 fully saturated rings. The van der Waals surface area contributed by atoms with E-state index in [0.29, 0.717) is 16.9 Å². The van der Waals surface area contributed by atoms with Gasteiger partial charge in [-0.05, 0) is 18.1 Å². The van der Waals surface area contributed by atoms with E-state index in [2.05, 4.69) is 31.0 Å². The van der Waals surface area contributed by atoms with Crippen LogP contribution in [0.3, 0.4) is 0 Å². The van der Waals surface area contributed by atoms with Crippen molar-refractivity contribution in [1.82, 2.24) is 19.5 Å². The first-order chi connectivity index (χ1) is 13.9. The minimum Gasteiger partial charge on any atom is -0.384 e. The molecule has 29 heavy (non-hydrogen) atoms. The van der Waals surface area contributed by atoms with E-state index in [0.717, 1.165) is 5.56 Å². The van der Waals surface area contributed by atoms with E-state index in [4.69, 9.17) is 9.88 Å². The van der Waals surface area contributed by atoms with Crippen LogP contribution < -0.4 is 5.14 Å². The van der Waals surface area contributed by atoms with Gasteiger partial charge in [-0.3, -0.25) is 4.57 Å². The van der Waals surface area contributed by atoms with Crippen LogP contribution >= 0.6 is 0 Å². The molecule has 3 N–H and O–H groups in total. The van der Waals surface area contributed by atoms with Gasteiger partial charge in [0.1, 0.15) is 41.6 Å². The van der Waals surface area contributed by atoms with Gasteiger partial charge >= 0.3 is 10.3 Å². The van der Waals surface area contributed by atoms with Crippen LogP contribution in [0.5, 0.6) is 0 Å². The van der Waals surface area contributed by atoms with Gasteiger partial charge in [-0.2, -0.15) is 8.42 Å². The first-order valence-electron chi connectivity index (χ1n) is 8.69. The van der Waals surface area contributed by atoms with Crippen LogP contribution in [0.1, 0.15) is 23.9 Å². The number of ether oxygens (including phenoxy) is 1. The van der Waals surface area contributed by atoms with Gasteiger partial charge in [-0.15, -0.1) is 0 Å². The second-order valence-electron chi connectivity index (χ2n) is 6.88. The molecule has 5 rings (SSSR count). The third-order valence-corrected chi connectivity index (χ3v) is 5.44. The van der Waals surface area contributed by atoms with Gasteiger partial charge in [0.05, 0.1) is 6.33 Å². The summed E-state index contributed by atoms with van der Waals surface area (Å²) in [7, 11) is -4.18. The minimum atomic E-state index is -4.18. The summed E-state index contributed by atoms with van der Waals surface area (Å²) in [6.45, 7) is 0. The summed E-state index contributed by atoms with van der Waals surface area (Å²) >= 11 is 0. The topological polar surface area (TPSA) is 142 Å². The minimum absolute atomic E-state index is 0.109. The Morgan fingerprint density at radius 1 is 1.24 bits per heavy atom. The number of aliphatic hydroxyl groups is 1. The zero-order valence-electron chi connectivity index (χ0n) is 14.8. The van der Waals surface area contributed by atoms with Gasteiger partial charge in [0.25, 0.3) is 0 Å². The van der Waals surface area contributed by atoms with Crippen molar-refractivity contribution in [1.29, 1.82) is 0 Å². The summed E-state index contributed by atoms with van der Waals surface area (Å²) in [5.74, 6) is 6.03. The molecule has 2 aromatic heterocycles. The van der Waals surface area contributed by atoms with Gasteiger partial charge in [-0.25, -0.2) is 24.3 Å². The number of benzene rings is 1. The van der Waals surface area contributed by atoms with E-state index in [1.165, 1.54) is 12.7 Å². The summed E-state index contributed by atoms with van der Waals surface area (Å²) in [6, 6.07) is 9.49. The molecule has 1 aliphatic heterocycles. The van der Waals surface area contributed by atoms with Crippen LogP contribution in [0.2, 0.25) is 0 Å². The number of rotatable bonds is 3. The van der Waals surface area contributed by atoms with Gasteiger partial charge in [0.15, 0.2) is 5.65 Å². The molecule has 0 bridgehead atoms. The molecule has 1 unspecified atom stereocenters. The average molecular weight is 413 g/mol. The Bertz CT molecular complexity index is 1270. The van der Waals surface area contributed by atoms with E-state index < -0.39 is 34.3 Å². The molecular weight excluding hydrogens is 398 g/mol. The Balaban J connectivity index is 1.41. The summed E-state index contributed by atoms with van der Waals surface area (Å²) in [5.41, 5.74) is 0.896. The maximum absolute atomic E-state index is 11.1. The molecule has 148 valence electrons. The third kappa shape index (κ3) is 3.17. The predicted molar refractivity (Wildman–Crippen MR) is 99.2 cm³/mol. The number of nitrogens with zero attached hydrogens (tertiary/aromatic N) is 4. The van der Waals surface area contributed by atoms with Crippen LogP contribution in [-0.4, -0.2) is 50.9 Å². The fraction of sp³-hybridized carbons (Fsp3) is 0.278. The Kier molecular flexibility index (Phi) is 3.95. The summed E-state index contributed by atoms with van der Waals surface area (Å²) < 4.78 is 34.2. The van der Waals surface area contributed by atoms with Crippen LogP contribution in [0.4, 0.5) is 0 Å². The van der Waals surface area contributed by atoms with Gasteiger partial charge in [0.2, 0.25) is 0 Å². The monoisotopic (exact) mass is 413 g/mol. The molecule has 0 amide bonds. The lowest BCUT2D eigenvalue weighted by Crippen LogP contribution is -2.26. The Morgan fingerprint density at radius 3 is 2.72 bits per heavy atom. The molecule has 1 saturated carbocycles. The molecule has 0 spiro atoms. The maximum Gasteiger partial charge on any atom is 0.333 e. The first kappa shape index (κ1) is 18.2.